The van der Waals surface area contributed by atoms with Crippen LogP contribution in [0.3, 0.4) is 0 Å². The van der Waals surface area contributed by atoms with Gasteiger partial charge in [-0.1, -0.05) is 0 Å². The molecule has 86 valence electrons. The molecule has 0 amide bonds. The average molecular weight is 211 g/mol. The number of nitrogens with zero attached hydrogens (tertiary/aromatic N) is 2. The lowest BCUT2D eigenvalue weighted by atomic mass is 10.1. The van der Waals surface area contributed by atoms with Crippen LogP contribution in [-0.4, -0.2) is 28.3 Å². The summed E-state index contributed by atoms with van der Waals surface area (Å²) in [7, 11) is 0. The van der Waals surface area contributed by atoms with Crippen molar-refractivity contribution >= 4 is 0 Å². The van der Waals surface area contributed by atoms with E-state index in [1.165, 1.54) is 0 Å². The van der Waals surface area contributed by atoms with Gasteiger partial charge >= 0.3 is 0 Å². The lowest BCUT2D eigenvalue weighted by Gasteiger charge is -2.19. The maximum atomic E-state index is 6.04. The third-order valence-electron chi connectivity index (χ3n) is 2.59. The van der Waals surface area contributed by atoms with E-state index < -0.39 is 0 Å². The van der Waals surface area contributed by atoms with Crippen LogP contribution in [0.4, 0.5) is 0 Å². The fourth-order valence-corrected chi connectivity index (χ4v) is 1.58. The summed E-state index contributed by atoms with van der Waals surface area (Å²) in [6.07, 6.45) is 4.64. The topological polar surface area (TPSA) is 53.1 Å². The summed E-state index contributed by atoms with van der Waals surface area (Å²) in [5.41, 5.74) is 6.04. The molecule has 2 unspecified atom stereocenters. The lowest BCUT2D eigenvalue weighted by molar-refractivity contribution is 0.0570. The van der Waals surface area contributed by atoms with Crippen molar-refractivity contribution in [2.45, 2.75) is 45.9 Å². The first-order chi connectivity index (χ1) is 7.19. The summed E-state index contributed by atoms with van der Waals surface area (Å²) in [6, 6.07) is 0.0117. The molecule has 1 aromatic rings. The SMILES string of the molecule is CCOC(C)C(N)Cc1nccn1CC. The molecule has 0 aromatic carbocycles. The van der Waals surface area contributed by atoms with Crippen molar-refractivity contribution in [2.24, 2.45) is 5.73 Å². The van der Waals surface area contributed by atoms with Crippen molar-refractivity contribution in [3.63, 3.8) is 0 Å². The number of rotatable bonds is 6. The second-order valence-electron chi connectivity index (χ2n) is 3.66. The molecule has 0 fully saturated rings. The van der Waals surface area contributed by atoms with Gasteiger partial charge in [-0.2, -0.15) is 0 Å². The zero-order valence-corrected chi connectivity index (χ0v) is 9.81. The molecule has 0 aliphatic heterocycles. The van der Waals surface area contributed by atoms with Gasteiger partial charge in [-0.25, -0.2) is 4.98 Å². The third kappa shape index (κ3) is 3.32. The molecule has 0 aliphatic carbocycles. The summed E-state index contributed by atoms with van der Waals surface area (Å²) in [5.74, 6) is 1.04. The second-order valence-corrected chi connectivity index (χ2v) is 3.66. The zero-order valence-electron chi connectivity index (χ0n) is 9.81. The van der Waals surface area contributed by atoms with Gasteiger partial charge in [0.1, 0.15) is 5.82 Å². The molecule has 2 atom stereocenters. The first-order valence-electron chi connectivity index (χ1n) is 5.56. The van der Waals surface area contributed by atoms with E-state index in [9.17, 15) is 0 Å². The van der Waals surface area contributed by atoms with Gasteiger partial charge in [-0.05, 0) is 20.8 Å². The molecule has 0 bridgehead atoms. The van der Waals surface area contributed by atoms with Crippen molar-refractivity contribution in [1.29, 1.82) is 0 Å². The van der Waals surface area contributed by atoms with E-state index in [-0.39, 0.29) is 12.1 Å². The summed E-state index contributed by atoms with van der Waals surface area (Å²) < 4.78 is 7.57. The highest BCUT2D eigenvalue weighted by Gasteiger charge is 2.15. The Balaban J connectivity index is 2.53. The maximum Gasteiger partial charge on any atom is 0.110 e. The number of hydrogen-bond donors (Lipinski definition) is 1. The van der Waals surface area contributed by atoms with Gasteiger partial charge < -0.3 is 15.0 Å². The Morgan fingerprint density at radius 3 is 2.87 bits per heavy atom. The number of nitrogens with two attached hydrogens (primary N) is 1. The smallest absolute Gasteiger partial charge is 0.110 e. The molecule has 0 saturated carbocycles. The standard InChI is InChI=1S/C11H21N3O/c1-4-14-7-6-13-11(14)8-10(12)9(3)15-5-2/h6-7,9-10H,4-5,8,12H2,1-3H3. The fourth-order valence-electron chi connectivity index (χ4n) is 1.58. The Kier molecular flexibility index (Phi) is 4.78. The van der Waals surface area contributed by atoms with E-state index in [1.54, 1.807) is 0 Å². The molecule has 1 heterocycles. The molecule has 0 spiro atoms. The van der Waals surface area contributed by atoms with Gasteiger partial charge in [0.05, 0.1) is 6.10 Å². The number of hydrogen-bond acceptors (Lipinski definition) is 3. The Morgan fingerprint density at radius 2 is 2.27 bits per heavy atom. The quantitative estimate of drug-likeness (QED) is 0.769. The molecule has 4 nitrogen and oxygen atoms in total. The van der Waals surface area contributed by atoms with Crippen molar-refractivity contribution in [3.05, 3.63) is 18.2 Å². The number of aryl methyl sites for hydroxylation is 1. The lowest BCUT2D eigenvalue weighted by Crippen LogP contribution is -2.37. The third-order valence-corrected chi connectivity index (χ3v) is 2.59. The molecule has 1 rings (SSSR count). The van der Waals surface area contributed by atoms with E-state index >= 15 is 0 Å². The van der Waals surface area contributed by atoms with Crippen molar-refractivity contribution < 1.29 is 4.74 Å². The van der Waals surface area contributed by atoms with Crippen LogP contribution in [0.2, 0.25) is 0 Å². The molecule has 15 heavy (non-hydrogen) atoms. The molecule has 2 N–H and O–H groups in total. The highest BCUT2D eigenvalue weighted by atomic mass is 16.5. The predicted molar refractivity (Wildman–Crippen MR) is 60.7 cm³/mol. The molecule has 0 radical (unpaired) electrons. The molecule has 0 aliphatic rings. The van der Waals surface area contributed by atoms with Gasteiger partial charge in [0.15, 0.2) is 0 Å². The zero-order chi connectivity index (χ0) is 11.3. The second kappa shape index (κ2) is 5.88. The largest absolute Gasteiger partial charge is 0.377 e. The Morgan fingerprint density at radius 1 is 1.53 bits per heavy atom. The highest BCUT2D eigenvalue weighted by molar-refractivity contribution is 4.96. The van der Waals surface area contributed by atoms with Crippen LogP contribution in [0.15, 0.2) is 12.4 Å². The van der Waals surface area contributed by atoms with Crippen LogP contribution in [0.5, 0.6) is 0 Å². The van der Waals surface area contributed by atoms with E-state index in [2.05, 4.69) is 16.5 Å². The Labute approximate surface area is 91.4 Å². The van der Waals surface area contributed by atoms with E-state index in [0.717, 1.165) is 18.8 Å². The van der Waals surface area contributed by atoms with Crippen LogP contribution >= 0.6 is 0 Å². The normalized spacial score (nSPS) is 15.2. The van der Waals surface area contributed by atoms with Gasteiger partial charge in [0.2, 0.25) is 0 Å². The summed E-state index contributed by atoms with van der Waals surface area (Å²) >= 11 is 0. The van der Waals surface area contributed by atoms with Gasteiger partial charge in [-0.3, -0.25) is 0 Å². The summed E-state index contributed by atoms with van der Waals surface area (Å²) in [6.45, 7) is 7.73. The van der Waals surface area contributed by atoms with Crippen molar-refractivity contribution in [1.82, 2.24) is 9.55 Å². The van der Waals surface area contributed by atoms with Crippen LogP contribution in [0.25, 0.3) is 0 Å². The number of aromatic nitrogens is 2. The first-order valence-corrected chi connectivity index (χ1v) is 5.56. The monoisotopic (exact) mass is 211 g/mol. The minimum absolute atomic E-state index is 0.0117. The van der Waals surface area contributed by atoms with Gasteiger partial charge in [0, 0.05) is 38.0 Å². The molecule has 4 heteroatoms. The number of ether oxygens (including phenoxy) is 1. The van der Waals surface area contributed by atoms with Gasteiger partial charge in [-0.15, -0.1) is 0 Å². The predicted octanol–water partition coefficient (Wildman–Crippen LogP) is 1.20. The van der Waals surface area contributed by atoms with E-state index in [4.69, 9.17) is 10.5 Å². The van der Waals surface area contributed by atoms with Crippen molar-refractivity contribution in [3.8, 4) is 0 Å². The molecule has 1 aromatic heterocycles. The average Bonchev–Trinajstić information content (AvgIpc) is 2.65. The van der Waals surface area contributed by atoms with E-state index in [1.807, 2.05) is 26.2 Å². The van der Waals surface area contributed by atoms with E-state index in [0.29, 0.717) is 6.61 Å². The van der Waals surface area contributed by atoms with Crippen LogP contribution in [-0.2, 0) is 17.7 Å². The maximum absolute atomic E-state index is 6.04. The van der Waals surface area contributed by atoms with Crippen LogP contribution < -0.4 is 5.73 Å². The van der Waals surface area contributed by atoms with Crippen molar-refractivity contribution in [2.75, 3.05) is 6.61 Å². The minimum atomic E-state index is 0.0117. The molecular formula is C11H21N3O. The van der Waals surface area contributed by atoms with Gasteiger partial charge in [0.25, 0.3) is 0 Å². The fraction of sp³-hybridized carbons (Fsp3) is 0.727. The molecule has 0 saturated heterocycles. The summed E-state index contributed by atoms with van der Waals surface area (Å²) in [5, 5.41) is 0. The molecular weight excluding hydrogens is 190 g/mol. The van der Waals surface area contributed by atoms with Crippen LogP contribution in [0, 0.1) is 0 Å². The highest BCUT2D eigenvalue weighted by Crippen LogP contribution is 2.05. The van der Waals surface area contributed by atoms with Crippen LogP contribution in [0.1, 0.15) is 26.6 Å². The first kappa shape index (κ1) is 12.2. The minimum Gasteiger partial charge on any atom is -0.377 e. The summed E-state index contributed by atoms with van der Waals surface area (Å²) in [4.78, 5) is 4.30. The Hall–Kier alpha value is -0.870. The number of imidazole rings is 1. The Bertz CT molecular complexity index is 285.